The molecule has 214 valence electrons. The Morgan fingerprint density at radius 2 is 1.90 bits per heavy atom. The summed E-state index contributed by atoms with van der Waals surface area (Å²) in [5.41, 5.74) is 2.43. The summed E-state index contributed by atoms with van der Waals surface area (Å²) < 4.78 is 6.86. The lowest BCUT2D eigenvalue weighted by molar-refractivity contribution is -0.125. The summed E-state index contributed by atoms with van der Waals surface area (Å²) in [6, 6.07) is 7.10. The van der Waals surface area contributed by atoms with Crippen LogP contribution in [-0.2, 0) is 27.3 Å². The number of likely N-dealkylation sites (N-methyl/N-ethyl adjacent to an activating group) is 1. The van der Waals surface area contributed by atoms with E-state index in [0.717, 1.165) is 28.7 Å². The second kappa shape index (κ2) is 13.6. The van der Waals surface area contributed by atoms with Crippen LogP contribution in [0.1, 0.15) is 38.1 Å². The van der Waals surface area contributed by atoms with Crippen LogP contribution in [0.2, 0.25) is 0 Å². The summed E-state index contributed by atoms with van der Waals surface area (Å²) in [6.45, 7) is 4.54. The van der Waals surface area contributed by atoms with Crippen molar-refractivity contribution >= 4 is 34.5 Å². The Hall–Kier alpha value is -4.41. The van der Waals surface area contributed by atoms with E-state index < -0.39 is 23.7 Å². The van der Waals surface area contributed by atoms with Gasteiger partial charge in [0.1, 0.15) is 5.69 Å². The average molecular weight is 551 g/mol. The maximum absolute atomic E-state index is 13.2. The molecule has 11 nitrogen and oxygen atoms in total. The van der Waals surface area contributed by atoms with Crippen LogP contribution in [0, 0.1) is 5.92 Å². The first-order chi connectivity index (χ1) is 19.0. The first-order valence-electron chi connectivity index (χ1n) is 13.2. The number of allylic oxidation sites excluding steroid dienone is 1. The molecule has 11 heteroatoms. The molecule has 0 saturated carbocycles. The molecule has 1 atom stereocenters. The molecule has 3 heterocycles. The topological polar surface area (TPSA) is 130 Å². The Labute approximate surface area is 233 Å². The van der Waals surface area contributed by atoms with E-state index in [9.17, 15) is 19.2 Å². The van der Waals surface area contributed by atoms with Crippen molar-refractivity contribution in [2.45, 2.75) is 45.8 Å². The number of aromatic nitrogens is 3. The van der Waals surface area contributed by atoms with Crippen LogP contribution in [0.15, 0.2) is 53.6 Å². The fraction of sp³-hybridized carbons (Fsp3) is 0.414. The number of amides is 3. The van der Waals surface area contributed by atoms with Gasteiger partial charge < -0.3 is 29.4 Å². The van der Waals surface area contributed by atoms with Gasteiger partial charge in [0.15, 0.2) is 6.10 Å². The lowest BCUT2D eigenvalue weighted by Crippen LogP contribution is -2.37. The van der Waals surface area contributed by atoms with Crippen molar-refractivity contribution in [3.05, 3.63) is 70.6 Å². The molecule has 2 N–H and O–H groups in total. The van der Waals surface area contributed by atoms with Gasteiger partial charge in [0.2, 0.25) is 5.91 Å². The maximum Gasteiger partial charge on any atom is 0.410 e. The van der Waals surface area contributed by atoms with Crippen molar-refractivity contribution in [3.63, 3.8) is 0 Å². The second-order valence-corrected chi connectivity index (χ2v) is 10.4. The zero-order valence-corrected chi connectivity index (χ0v) is 23.9. The van der Waals surface area contributed by atoms with E-state index in [1.165, 1.54) is 40.6 Å². The van der Waals surface area contributed by atoms with Gasteiger partial charge in [-0.1, -0.05) is 19.9 Å². The highest BCUT2D eigenvalue weighted by Gasteiger charge is 2.24. The van der Waals surface area contributed by atoms with Gasteiger partial charge in [-0.25, -0.2) is 4.79 Å². The van der Waals surface area contributed by atoms with Gasteiger partial charge in [0.05, 0.1) is 17.8 Å². The Kier molecular flexibility index (Phi) is 10.2. The van der Waals surface area contributed by atoms with Crippen LogP contribution in [0.25, 0.3) is 10.9 Å². The van der Waals surface area contributed by atoms with Crippen molar-refractivity contribution in [2.75, 3.05) is 33.5 Å². The molecular weight excluding hydrogens is 512 g/mol. The van der Waals surface area contributed by atoms with E-state index in [2.05, 4.69) is 29.1 Å². The number of nitrogens with one attached hydrogen (secondary N) is 2. The van der Waals surface area contributed by atoms with E-state index in [0.29, 0.717) is 12.3 Å². The Bertz CT molecular complexity index is 1440. The third-order valence-corrected chi connectivity index (χ3v) is 6.09. The number of anilines is 1. The molecule has 0 spiro atoms. The molecule has 0 aliphatic heterocycles. The van der Waals surface area contributed by atoms with Crippen molar-refractivity contribution in [2.24, 2.45) is 5.92 Å². The van der Waals surface area contributed by atoms with Crippen LogP contribution >= 0.6 is 0 Å². The van der Waals surface area contributed by atoms with E-state index in [-0.39, 0.29) is 24.6 Å². The van der Waals surface area contributed by atoms with Gasteiger partial charge in [-0.15, -0.1) is 0 Å². The lowest BCUT2D eigenvalue weighted by atomic mass is 10.1. The Balaban J connectivity index is 1.77. The molecule has 0 aliphatic carbocycles. The van der Waals surface area contributed by atoms with Gasteiger partial charge in [0.25, 0.3) is 11.5 Å². The molecule has 3 aromatic rings. The standard InChI is InChI=1S/C29H38N6O5/c1-19(2)16-23-26-20(13-14-30-23)17-21(31-26)18-35-15-9-10-22(28(35)38)32-27(37)24(40-29(39)34(5)6)11-7-8-12-25(36)33(3)4/h8-10,12-15,17,19,24,31H,7,11,16,18H2,1-6H3,(H,32,37)/b12-8+. The second-order valence-electron chi connectivity index (χ2n) is 10.4. The fourth-order valence-corrected chi connectivity index (χ4v) is 4.00. The first-order valence-corrected chi connectivity index (χ1v) is 13.2. The maximum atomic E-state index is 13.2. The van der Waals surface area contributed by atoms with E-state index in [1.807, 2.05) is 12.1 Å². The third-order valence-electron chi connectivity index (χ3n) is 6.09. The molecule has 40 heavy (non-hydrogen) atoms. The number of fused-ring (bicyclic) bond motifs is 1. The molecule has 0 bridgehead atoms. The molecule has 0 saturated heterocycles. The summed E-state index contributed by atoms with van der Waals surface area (Å²) >= 11 is 0. The van der Waals surface area contributed by atoms with Crippen molar-refractivity contribution in [1.82, 2.24) is 24.3 Å². The number of H-pyrrole nitrogens is 1. The predicted molar refractivity (Wildman–Crippen MR) is 154 cm³/mol. The zero-order valence-electron chi connectivity index (χ0n) is 23.9. The SMILES string of the molecule is CC(C)Cc1nccc2cc(Cn3cccc(NC(=O)C(CC/C=C/C(=O)N(C)C)OC(=O)N(C)C)c3=O)[nH]c12. The van der Waals surface area contributed by atoms with Crippen LogP contribution in [-0.4, -0.2) is 76.5 Å². The minimum absolute atomic E-state index is 0.0648. The number of pyridine rings is 2. The van der Waals surface area contributed by atoms with Gasteiger partial charge in [-0.05, 0) is 55.5 Å². The number of nitrogens with zero attached hydrogens (tertiary/aromatic N) is 4. The molecular formula is C29H38N6O5. The third kappa shape index (κ3) is 8.05. The van der Waals surface area contributed by atoms with Crippen molar-refractivity contribution in [3.8, 4) is 0 Å². The number of hydrogen-bond acceptors (Lipinski definition) is 6. The molecule has 3 amide bonds. The molecule has 1 unspecified atom stereocenters. The van der Waals surface area contributed by atoms with Crippen LogP contribution in [0.4, 0.5) is 10.5 Å². The van der Waals surface area contributed by atoms with Crippen molar-refractivity contribution < 1.29 is 19.1 Å². The quantitative estimate of drug-likeness (QED) is 0.352. The minimum Gasteiger partial charge on any atom is -0.436 e. The largest absolute Gasteiger partial charge is 0.436 e. The van der Waals surface area contributed by atoms with Gasteiger partial charge in [-0.3, -0.25) is 19.4 Å². The first kappa shape index (κ1) is 30.1. The number of hydrogen-bond donors (Lipinski definition) is 2. The predicted octanol–water partition coefficient (Wildman–Crippen LogP) is 3.40. The van der Waals surface area contributed by atoms with E-state index in [1.54, 1.807) is 38.6 Å². The highest BCUT2D eigenvalue weighted by atomic mass is 16.6. The highest BCUT2D eigenvalue weighted by Crippen LogP contribution is 2.20. The van der Waals surface area contributed by atoms with Gasteiger partial charge in [0, 0.05) is 51.7 Å². The summed E-state index contributed by atoms with van der Waals surface area (Å²) in [7, 11) is 6.28. The summed E-state index contributed by atoms with van der Waals surface area (Å²) in [5, 5.41) is 3.64. The van der Waals surface area contributed by atoms with Crippen LogP contribution in [0.5, 0.6) is 0 Å². The smallest absolute Gasteiger partial charge is 0.410 e. The lowest BCUT2D eigenvalue weighted by Gasteiger charge is -2.19. The highest BCUT2D eigenvalue weighted by molar-refractivity contribution is 5.95. The van der Waals surface area contributed by atoms with Gasteiger partial charge >= 0.3 is 6.09 Å². The molecule has 0 radical (unpaired) electrons. The van der Waals surface area contributed by atoms with Gasteiger partial charge in [-0.2, -0.15) is 0 Å². The average Bonchev–Trinajstić information content (AvgIpc) is 3.31. The summed E-state index contributed by atoms with van der Waals surface area (Å²) in [5.74, 6) is -0.379. The Morgan fingerprint density at radius 1 is 1.15 bits per heavy atom. The number of carbonyl (C=O) groups is 3. The normalized spacial score (nSPS) is 12.1. The Morgan fingerprint density at radius 3 is 2.58 bits per heavy atom. The van der Waals surface area contributed by atoms with E-state index >= 15 is 0 Å². The van der Waals surface area contributed by atoms with Crippen LogP contribution in [0.3, 0.4) is 0 Å². The molecule has 0 fully saturated rings. The van der Waals surface area contributed by atoms with Crippen LogP contribution < -0.4 is 10.9 Å². The number of rotatable bonds is 11. The molecule has 0 aromatic carbocycles. The monoisotopic (exact) mass is 550 g/mol. The fourth-order valence-electron chi connectivity index (χ4n) is 4.00. The molecule has 3 rings (SSSR count). The summed E-state index contributed by atoms with van der Waals surface area (Å²) in [6.07, 6.45) is 5.86. The summed E-state index contributed by atoms with van der Waals surface area (Å²) in [4.78, 5) is 60.8. The van der Waals surface area contributed by atoms with E-state index in [4.69, 9.17) is 4.74 Å². The minimum atomic E-state index is -1.16. The number of aromatic amines is 1. The zero-order chi connectivity index (χ0) is 29.4. The molecule has 3 aromatic heterocycles. The van der Waals surface area contributed by atoms with Crippen molar-refractivity contribution in [1.29, 1.82) is 0 Å². The number of carbonyl (C=O) groups excluding carboxylic acids is 3. The molecule has 0 aliphatic rings. The number of ether oxygens (including phenoxy) is 1.